The molecule has 0 bridgehead atoms. The first-order chi connectivity index (χ1) is 13.2. The number of nitrogens with zero attached hydrogens (tertiary/aromatic N) is 1. The predicted octanol–water partition coefficient (Wildman–Crippen LogP) is 3.94. The van der Waals surface area contributed by atoms with Crippen molar-refractivity contribution in [2.45, 2.75) is 32.8 Å². The number of hydrogen-bond acceptors (Lipinski definition) is 6. The molecule has 0 aromatic heterocycles. The summed E-state index contributed by atoms with van der Waals surface area (Å²) in [4.78, 5) is 35.0. The number of anilines is 2. The summed E-state index contributed by atoms with van der Waals surface area (Å²) in [5, 5.41) is 16.5. The van der Waals surface area contributed by atoms with Crippen LogP contribution in [0.1, 0.15) is 42.6 Å². The summed E-state index contributed by atoms with van der Waals surface area (Å²) in [6.07, 6.45) is -1.07. The smallest absolute Gasteiger partial charge is 0.339 e. The zero-order chi connectivity index (χ0) is 20.8. The van der Waals surface area contributed by atoms with Crippen LogP contribution in [0.3, 0.4) is 0 Å². The Balaban J connectivity index is 2.04. The standard InChI is InChI=1S/C20H23N3O5/c1-12(2)14-5-8-16(9-6-14)22-19(24)13(3)28-20(25)15-7-10-17(21-4)18(11-15)23(26)27/h5-13,21H,1-4H3,(H,22,24)/t13-/m0/s1. The van der Waals surface area contributed by atoms with E-state index in [-0.39, 0.29) is 16.9 Å². The summed E-state index contributed by atoms with van der Waals surface area (Å²) < 4.78 is 5.15. The van der Waals surface area contributed by atoms with E-state index in [1.54, 1.807) is 19.2 Å². The molecule has 2 rings (SSSR count). The third-order valence-electron chi connectivity index (χ3n) is 4.20. The molecule has 8 nitrogen and oxygen atoms in total. The highest BCUT2D eigenvalue weighted by Gasteiger charge is 2.22. The summed E-state index contributed by atoms with van der Waals surface area (Å²) in [7, 11) is 1.54. The molecule has 0 saturated heterocycles. The Morgan fingerprint density at radius 3 is 2.25 bits per heavy atom. The lowest BCUT2D eigenvalue weighted by Crippen LogP contribution is -2.30. The van der Waals surface area contributed by atoms with Crippen molar-refractivity contribution in [2.75, 3.05) is 17.7 Å². The Labute approximate surface area is 163 Å². The Hall–Kier alpha value is -3.42. The van der Waals surface area contributed by atoms with Gasteiger partial charge in [-0.2, -0.15) is 0 Å². The zero-order valence-corrected chi connectivity index (χ0v) is 16.2. The zero-order valence-electron chi connectivity index (χ0n) is 16.2. The van der Waals surface area contributed by atoms with Crippen molar-refractivity contribution in [2.24, 2.45) is 0 Å². The van der Waals surface area contributed by atoms with E-state index in [1.807, 2.05) is 12.1 Å². The van der Waals surface area contributed by atoms with Crippen LogP contribution < -0.4 is 10.6 Å². The number of carbonyl (C=O) groups excluding carboxylic acids is 2. The first-order valence-corrected chi connectivity index (χ1v) is 8.81. The van der Waals surface area contributed by atoms with Crippen molar-refractivity contribution in [1.82, 2.24) is 0 Å². The highest BCUT2D eigenvalue weighted by atomic mass is 16.6. The van der Waals surface area contributed by atoms with Crippen LogP contribution in [0.25, 0.3) is 0 Å². The lowest BCUT2D eigenvalue weighted by atomic mass is 10.0. The molecule has 0 unspecified atom stereocenters. The fraction of sp³-hybridized carbons (Fsp3) is 0.300. The maximum absolute atomic E-state index is 12.3. The molecular formula is C20H23N3O5. The Morgan fingerprint density at radius 1 is 1.07 bits per heavy atom. The molecule has 2 aromatic rings. The van der Waals surface area contributed by atoms with Gasteiger partial charge in [0.2, 0.25) is 0 Å². The number of nitro groups is 1. The number of nitro benzene ring substituents is 1. The third kappa shape index (κ3) is 5.06. The number of nitrogens with one attached hydrogen (secondary N) is 2. The average molecular weight is 385 g/mol. The maximum Gasteiger partial charge on any atom is 0.339 e. The molecule has 0 radical (unpaired) electrons. The number of esters is 1. The lowest BCUT2D eigenvalue weighted by Gasteiger charge is -2.14. The van der Waals surface area contributed by atoms with Crippen molar-refractivity contribution in [3.8, 4) is 0 Å². The van der Waals surface area contributed by atoms with Gasteiger partial charge in [0.15, 0.2) is 6.10 Å². The molecule has 0 aliphatic rings. The first kappa shape index (κ1) is 20.9. The summed E-state index contributed by atoms with van der Waals surface area (Å²) in [6, 6.07) is 11.3. The molecular weight excluding hydrogens is 362 g/mol. The quantitative estimate of drug-likeness (QED) is 0.424. The van der Waals surface area contributed by atoms with Gasteiger partial charge in [-0.1, -0.05) is 26.0 Å². The number of hydrogen-bond donors (Lipinski definition) is 2. The monoisotopic (exact) mass is 385 g/mol. The molecule has 0 aliphatic carbocycles. The van der Waals surface area contributed by atoms with Gasteiger partial charge in [-0.15, -0.1) is 0 Å². The fourth-order valence-corrected chi connectivity index (χ4v) is 2.50. The van der Waals surface area contributed by atoms with Crippen molar-refractivity contribution in [1.29, 1.82) is 0 Å². The number of rotatable bonds is 7. The minimum absolute atomic E-state index is 0.00774. The van der Waals surface area contributed by atoms with E-state index in [0.717, 1.165) is 11.6 Å². The predicted molar refractivity (Wildman–Crippen MR) is 107 cm³/mol. The molecule has 0 heterocycles. The highest BCUT2D eigenvalue weighted by Crippen LogP contribution is 2.25. The van der Waals surface area contributed by atoms with E-state index in [0.29, 0.717) is 11.6 Å². The molecule has 2 aromatic carbocycles. The molecule has 1 amide bonds. The van der Waals surface area contributed by atoms with Crippen LogP contribution in [-0.4, -0.2) is 30.0 Å². The average Bonchev–Trinajstić information content (AvgIpc) is 2.67. The van der Waals surface area contributed by atoms with Crippen molar-refractivity contribution in [3.05, 3.63) is 63.7 Å². The summed E-state index contributed by atoms with van der Waals surface area (Å²) in [5.74, 6) is -0.932. The summed E-state index contributed by atoms with van der Waals surface area (Å²) in [6.45, 7) is 5.58. The molecule has 2 N–H and O–H groups in total. The van der Waals surface area contributed by atoms with E-state index >= 15 is 0 Å². The second kappa shape index (κ2) is 8.98. The van der Waals surface area contributed by atoms with Crippen molar-refractivity contribution >= 4 is 28.9 Å². The van der Waals surface area contributed by atoms with Crippen LogP contribution in [0.2, 0.25) is 0 Å². The van der Waals surface area contributed by atoms with Crippen molar-refractivity contribution < 1.29 is 19.2 Å². The van der Waals surface area contributed by atoms with Crippen LogP contribution in [0.5, 0.6) is 0 Å². The fourth-order valence-electron chi connectivity index (χ4n) is 2.50. The van der Waals surface area contributed by atoms with E-state index in [1.165, 1.54) is 19.1 Å². The molecule has 148 valence electrons. The number of ether oxygens (including phenoxy) is 1. The Bertz CT molecular complexity index is 878. The Morgan fingerprint density at radius 2 is 1.71 bits per heavy atom. The van der Waals surface area contributed by atoms with Crippen LogP contribution in [0.15, 0.2) is 42.5 Å². The van der Waals surface area contributed by atoms with Crippen LogP contribution in [0.4, 0.5) is 17.1 Å². The lowest BCUT2D eigenvalue weighted by molar-refractivity contribution is -0.384. The molecule has 0 spiro atoms. The second-order valence-corrected chi connectivity index (χ2v) is 6.55. The summed E-state index contributed by atoms with van der Waals surface area (Å²) >= 11 is 0. The third-order valence-corrected chi connectivity index (χ3v) is 4.20. The normalized spacial score (nSPS) is 11.6. The van der Waals surface area contributed by atoms with E-state index < -0.39 is 22.9 Å². The van der Waals surface area contributed by atoms with Gasteiger partial charge >= 0.3 is 5.97 Å². The van der Waals surface area contributed by atoms with Gasteiger partial charge in [-0.05, 0) is 42.7 Å². The van der Waals surface area contributed by atoms with Gasteiger partial charge in [0.25, 0.3) is 11.6 Å². The van der Waals surface area contributed by atoms with Gasteiger partial charge in [0.1, 0.15) is 5.69 Å². The minimum atomic E-state index is -1.07. The van der Waals surface area contributed by atoms with Crippen LogP contribution in [-0.2, 0) is 9.53 Å². The van der Waals surface area contributed by atoms with Gasteiger partial charge < -0.3 is 15.4 Å². The molecule has 0 fully saturated rings. The largest absolute Gasteiger partial charge is 0.449 e. The Kier molecular flexibility index (Phi) is 6.70. The van der Waals surface area contributed by atoms with Gasteiger partial charge in [0.05, 0.1) is 10.5 Å². The molecule has 8 heteroatoms. The van der Waals surface area contributed by atoms with Crippen LogP contribution in [0, 0.1) is 10.1 Å². The molecule has 1 atom stereocenters. The molecule has 0 saturated carbocycles. The van der Waals surface area contributed by atoms with Gasteiger partial charge in [0, 0.05) is 18.8 Å². The number of amides is 1. The van der Waals surface area contributed by atoms with Gasteiger partial charge in [-0.3, -0.25) is 14.9 Å². The topological polar surface area (TPSA) is 111 Å². The SMILES string of the molecule is CNc1ccc(C(=O)O[C@@H](C)C(=O)Nc2ccc(C(C)C)cc2)cc1[N+](=O)[O-]. The highest BCUT2D eigenvalue weighted by molar-refractivity contribution is 5.97. The van der Waals surface area contributed by atoms with E-state index in [9.17, 15) is 19.7 Å². The molecule has 0 aliphatic heterocycles. The first-order valence-electron chi connectivity index (χ1n) is 8.81. The second-order valence-electron chi connectivity index (χ2n) is 6.55. The summed E-state index contributed by atoms with van der Waals surface area (Å²) in [5.41, 5.74) is 1.75. The molecule has 28 heavy (non-hydrogen) atoms. The maximum atomic E-state index is 12.3. The van der Waals surface area contributed by atoms with Crippen LogP contribution >= 0.6 is 0 Å². The van der Waals surface area contributed by atoms with Gasteiger partial charge in [-0.25, -0.2) is 4.79 Å². The van der Waals surface area contributed by atoms with E-state index in [2.05, 4.69) is 24.5 Å². The van der Waals surface area contributed by atoms with E-state index in [4.69, 9.17) is 4.74 Å². The number of carbonyl (C=O) groups is 2. The van der Waals surface area contributed by atoms with Crippen molar-refractivity contribution in [3.63, 3.8) is 0 Å². The minimum Gasteiger partial charge on any atom is -0.449 e. The number of benzene rings is 2.